The van der Waals surface area contributed by atoms with E-state index < -0.39 is 0 Å². The first-order valence-electron chi connectivity index (χ1n) is 10.5. The van der Waals surface area contributed by atoms with Gasteiger partial charge in [-0.3, -0.25) is 0 Å². The SMILES string of the molecule is CC/C=C(\CCCC)c1ccccc1N1CCN(CC)CC1.CCC. The van der Waals surface area contributed by atoms with Crippen LogP contribution in [-0.4, -0.2) is 37.6 Å². The Balaban J connectivity index is 0.000000970. The summed E-state index contributed by atoms with van der Waals surface area (Å²) in [6.45, 7) is 16.9. The van der Waals surface area contributed by atoms with Crippen LogP contribution >= 0.6 is 0 Å². The molecule has 1 aromatic rings. The maximum Gasteiger partial charge on any atom is 0.0443 e. The van der Waals surface area contributed by atoms with E-state index in [0.717, 1.165) is 19.5 Å². The van der Waals surface area contributed by atoms with Crippen LogP contribution in [0.3, 0.4) is 0 Å². The van der Waals surface area contributed by atoms with Crippen LogP contribution in [0.25, 0.3) is 5.57 Å². The Hall–Kier alpha value is -1.28. The van der Waals surface area contributed by atoms with E-state index in [0.29, 0.717) is 0 Å². The summed E-state index contributed by atoms with van der Waals surface area (Å²) in [5, 5.41) is 0. The van der Waals surface area contributed by atoms with Crippen LogP contribution < -0.4 is 4.90 Å². The largest absolute Gasteiger partial charge is 0.368 e. The number of piperazine rings is 1. The number of nitrogens with zero attached hydrogens (tertiary/aromatic N) is 2. The summed E-state index contributed by atoms with van der Waals surface area (Å²) in [5.41, 5.74) is 4.44. The van der Waals surface area contributed by atoms with Crippen molar-refractivity contribution in [3.05, 3.63) is 35.9 Å². The molecule has 0 amide bonds. The minimum absolute atomic E-state index is 1.12. The molecule has 2 heteroatoms. The standard InChI is InChI=1S/C20H32N2.C3H8/c1-4-7-11-18(10-5-2)19-12-8-9-13-20(19)22-16-14-21(6-3)15-17-22;1-3-2/h8-10,12-13H,4-7,11,14-17H2,1-3H3;3H2,1-2H3/b18-10+;. The molecule has 1 aromatic carbocycles. The smallest absolute Gasteiger partial charge is 0.0443 e. The van der Waals surface area contributed by atoms with E-state index in [-0.39, 0.29) is 0 Å². The van der Waals surface area contributed by atoms with Gasteiger partial charge in [0, 0.05) is 37.4 Å². The summed E-state index contributed by atoms with van der Waals surface area (Å²) in [7, 11) is 0. The lowest BCUT2D eigenvalue weighted by molar-refractivity contribution is 0.271. The van der Waals surface area contributed by atoms with Crippen molar-refractivity contribution in [1.82, 2.24) is 4.90 Å². The molecule has 25 heavy (non-hydrogen) atoms. The van der Waals surface area contributed by atoms with Crippen molar-refractivity contribution in [3.8, 4) is 0 Å². The lowest BCUT2D eigenvalue weighted by Crippen LogP contribution is -2.46. The molecule has 1 aliphatic heterocycles. The fourth-order valence-corrected chi connectivity index (χ4v) is 3.29. The molecule has 1 aliphatic rings. The van der Waals surface area contributed by atoms with Crippen molar-refractivity contribution >= 4 is 11.3 Å². The van der Waals surface area contributed by atoms with Crippen molar-refractivity contribution in [1.29, 1.82) is 0 Å². The second-order valence-electron chi connectivity index (χ2n) is 6.89. The number of rotatable bonds is 7. The van der Waals surface area contributed by atoms with Gasteiger partial charge in [0.25, 0.3) is 0 Å². The number of anilines is 1. The molecule has 0 bridgehead atoms. The Morgan fingerprint density at radius 2 is 1.60 bits per heavy atom. The van der Waals surface area contributed by atoms with E-state index in [1.165, 1.54) is 62.1 Å². The Morgan fingerprint density at radius 1 is 0.960 bits per heavy atom. The minimum Gasteiger partial charge on any atom is -0.368 e. The van der Waals surface area contributed by atoms with Gasteiger partial charge >= 0.3 is 0 Å². The van der Waals surface area contributed by atoms with Gasteiger partial charge in [0.05, 0.1) is 0 Å². The highest BCUT2D eigenvalue weighted by Gasteiger charge is 2.18. The van der Waals surface area contributed by atoms with Crippen LogP contribution in [0.2, 0.25) is 0 Å². The maximum atomic E-state index is 2.58. The van der Waals surface area contributed by atoms with Crippen molar-refractivity contribution in [2.24, 2.45) is 0 Å². The summed E-state index contributed by atoms with van der Waals surface area (Å²) in [5.74, 6) is 0. The quantitative estimate of drug-likeness (QED) is 0.578. The van der Waals surface area contributed by atoms with Gasteiger partial charge in [0.1, 0.15) is 0 Å². The molecule has 2 nitrogen and oxygen atoms in total. The number of hydrogen-bond donors (Lipinski definition) is 0. The van der Waals surface area contributed by atoms with Crippen LogP contribution in [0.5, 0.6) is 0 Å². The van der Waals surface area contributed by atoms with E-state index in [9.17, 15) is 0 Å². The lowest BCUT2D eigenvalue weighted by Gasteiger charge is -2.36. The molecule has 0 N–H and O–H groups in total. The monoisotopic (exact) mass is 344 g/mol. The molecular weight excluding hydrogens is 304 g/mol. The van der Waals surface area contributed by atoms with Crippen molar-refractivity contribution in [2.45, 2.75) is 66.7 Å². The number of benzene rings is 1. The average molecular weight is 345 g/mol. The predicted molar refractivity (Wildman–Crippen MR) is 115 cm³/mol. The summed E-state index contributed by atoms with van der Waals surface area (Å²) >= 11 is 0. The molecule has 142 valence electrons. The van der Waals surface area contributed by atoms with E-state index in [1.54, 1.807) is 0 Å². The minimum atomic E-state index is 1.12. The molecule has 1 heterocycles. The van der Waals surface area contributed by atoms with Gasteiger partial charge in [0.15, 0.2) is 0 Å². The summed E-state index contributed by atoms with van der Waals surface area (Å²) in [4.78, 5) is 5.12. The second kappa shape index (κ2) is 13.0. The van der Waals surface area contributed by atoms with Gasteiger partial charge in [0.2, 0.25) is 0 Å². The number of unbranched alkanes of at least 4 members (excludes halogenated alkanes) is 1. The number of hydrogen-bond acceptors (Lipinski definition) is 2. The third kappa shape index (κ3) is 7.23. The number of allylic oxidation sites excluding steroid dienone is 2. The highest BCUT2D eigenvalue weighted by Crippen LogP contribution is 2.31. The van der Waals surface area contributed by atoms with E-state index in [1.807, 2.05) is 0 Å². The molecular formula is C23H40N2. The fourth-order valence-electron chi connectivity index (χ4n) is 3.29. The molecule has 0 unspecified atom stereocenters. The van der Waals surface area contributed by atoms with Gasteiger partial charge < -0.3 is 9.80 Å². The normalized spacial score (nSPS) is 15.7. The van der Waals surface area contributed by atoms with Gasteiger partial charge in [-0.15, -0.1) is 0 Å². The first-order valence-corrected chi connectivity index (χ1v) is 10.5. The van der Waals surface area contributed by atoms with Crippen LogP contribution in [0.1, 0.15) is 72.3 Å². The second-order valence-corrected chi connectivity index (χ2v) is 6.89. The van der Waals surface area contributed by atoms with Gasteiger partial charge in [-0.25, -0.2) is 0 Å². The topological polar surface area (TPSA) is 6.48 Å². The van der Waals surface area contributed by atoms with Crippen LogP contribution in [0.15, 0.2) is 30.3 Å². The zero-order valence-electron chi connectivity index (χ0n) is 17.4. The number of likely N-dealkylation sites (N-methyl/N-ethyl adjacent to an activating group) is 1. The first-order chi connectivity index (χ1) is 12.2. The van der Waals surface area contributed by atoms with E-state index in [2.05, 4.69) is 74.8 Å². The third-order valence-corrected chi connectivity index (χ3v) is 4.66. The Kier molecular flexibility index (Phi) is 11.3. The van der Waals surface area contributed by atoms with Gasteiger partial charge in [-0.1, -0.05) is 71.7 Å². The molecule has 1 saturated heterocycles. The van der Waals surface area contributed by atoms with Crippen LogP contribution in [-0.2, 0) is 0 Å². The van der Waals surface area contributed by atoms with E-state index >= 15 is 0 Å². The van der Waals surface area contributed by atoms with Crippen molar-refractivity contribution in [2.75, 3.05) is 37.6 Å². The van der Waals surface area contributed by atoms with Crippen LogP contribution in [0.4, 0.5) is 5.69 Å². The van der Waals surface area contributed by atoms with Crippen molar-refractivity contribution < 1.29 is 0 Å². The van der Waals surface area contributed by atoms with Crippen LogP contribution in [0, 0.1) is 0 Å². The summed E-state index contributed by atoms with van der Waals surface area (Å²) in [6, 6.07) is 9.01. The third-order valence-electron chi connectivity index (χ3n) is 4.66. The highest BCUT2D eigenvalue weighted by atomic mass is 15.3. The molecule has 1 fully saturated rings. The Bertz CT molecular complexity index is 485. The molecule has 0 radical (unpaired) electrons. The Morgan fingerprint density at radius 3 is 2.16 bits per heavy atom. The van der Waals surface area contributed by atoms with Crippen molar-refractivity contribution in [3.63, 3.8) is 0 Å². The highest BCUT2D eigenvalue weighted by molar-refractivity contribution is 5.77. The van der Waals surface area contributed by atoms with Gasteiger partial charge in [-0.2, -0.15) is 0 Å². The zero-order valence-corrected chi connectivity index (χ0v) is 17.4. The molecule has 0 aliphatic carbocycles. The molecule has 0 spiro atoms. The Labute approximate surface area is 156 Å². The molecule has 0 atom stereocenters. The number of para-hydroxylation sites is 1. The predicted octanol–water partition coefficient (Wildman–Crippen LogP) is 6.23. The summed E-state index contributed by atoms with van der Waals surface area (Å²) in [6.07, 6.45) is 8.55. The lowest BCUT2D eigenvalue weighted by atomic mass is 9.96. The maximum absolute atomic E-state index is 2.58. The first kappa shape index (κ1) is 21.8. The van der Waals surface area contributed by atoms with Gasteiger partial charge in [-0.05, 0) is 37.4 Å². The average Bonchev–Trinajstić information content (AvgIpc) is 2.66. The summed E-state index contributed by atoms with van der Waals surface area (Å²) < 4.78 is 0. The fraction of sp³-hybridized carbons (Fsp3) is 0.652. The molecule has 0 aromatic heterocycles. The zero-order chi connectivity index (χ0) is 18.5. The molecule has 0 saturated carbocycles. The van der Waals surface area contributed by atoms with E-state index in [4.69, 9.17) is 0 Å². The molecule has 2 rings (SSSR count).